The van der Waals surface area contributed by atoms with Gasteiger partial charge in [0.15, 0.2) is 0 Å². The van der Waals surface area contributed by atoms with Crippen molar-refractivity contribution < 1.29 is 4.79 Å². The van der Waals surface area contributed by atoms with Gasteiger partial charge >= 0.3 is 0 Å². The summed E-state index contributed by atoms with van der Waals surface area (Å²) in [6, 6.07) is 10.1. The normalized spacial score (nSPS) is 16.5. The molecule has 1 aliphatic rings. The first-order valence-corrected chi connectivity index (χ1v) is 6.33. The molecule has 0 radical (unpaired) electrons. The average molecular weight is 232 g/mol. The van der Waals surface area contributed by atoms with Gasteiger partial charge in [-0.05, 0) is 37.8 Å². The van der Waals surface area contributed by atoms with E-state index in [0.717, 1.165) is 37.8 Å². The molecule has 0 atom stereocenters. The van der Waals surface area contributed by atoms with Gasteiger partial charge in [-0.15, -0.1) is 0 Å². The first-order chi connectivity index (χ1) is 8.29. The molecule has 0 spiro atoms. The van der Waals surface area contributed by atoms with Gasteiger partial charge in [0, 0.05) is 6.54 Å². The Morgan fingerprint density at radius 3 is 2.53 bits per heavy atom. The zero-order valence-electron chi connectivity index (χ0n) is 10.1. The fraction of sp³-hybridized carbons (Fsp3) is 0.500. The smallest absolute Gasteiger partial charge is 0.230 e. The summed E-state index contributed by atoms with van der Waals surface area (Å²) >= 11 is 0. The van der Waals surface area contributed by atoms with Crippen molar-refractivity contribution in [2.75, 3.05) is 13.1 Å². The molecule has 0 bridgehead atoms. The Morgan fingerprint density at radius 2 is 1.94 bits per heavy atom. The van der Waals surface area contributed by atoms with Crippen molar-refractivity contribution in [1.29, 1.82) is 0 Å². The molecule has 3 nitrogen and oxygen atoms in total. The number of nitrogens with one attached hydrogen (secondary N) is 1. The van der Waals surface area contributed by atoms with Gasteiger partial charge < -0.3 is 11.1 Å². The lowest BCUT2D eigenvalue weighted by Crippen LogP contribution is -2.35. The highest BCUT2D eigenvalue weighted by molar-refractivity contribution is 5.91. The second kappa shape index (κ2) is 5.32. The van der Waals surface area contributed by atoms with Crippen molar-refractivity contribution >= 4 is 5.91 Å². The second-order valence-corrected chi connectivity index (χ2v) is 4.70. The zero-order valence-corrected chi connectivity index (χ0v) is 10.1. The van der Waals surface area contributed by atoms with Crippen LogP contribution in [-0.2, 0) is 10.2 Å². The van der Waals surface area contributed by atoms with Crippen LogP contribution in [-0.4, -0.2) is 19.0 Å². The van der Waals surface area contributed by atoms with E-state index >= 15 is 0 Å². The van der Waals surface area contributed by atoms with Gasteiger partial charge in [-0.2, -0.15) is 0 Å². The lowest BCUT2D eigenvalue weighted by molar-refractivity contribution is -0.123. The molecular formula is C14H20N2O. The molecule has 1 amide bonds. The monoisotopic (exact) mass is 232 g/mol. The van der Waals surface area contributed by atoms with Crippen LogP contribution in [0.25, 0.3) is 0 Å². The number of hydrogen-bond donors (Lipinski definition) is 2. The van der Waals surface area contributed by atoms with E-state index in [2.05, 4.69) is 5.32 Å². The fourth-order valence-corrected chi connectivity index (χ4v) is 2.17. The number of carbonyl (C=O) groups excluding carboxylic acids is 1. The van der Waals surface area contributed by atoms with Gasteiger partial charge in [0.2, 0.25) is 5.91 Å². The first-order valence-electron chi connectivity index (χ1n) is 6.33. The highest BCUT2D eigenvalue weighted by Crippen LogP contribution is 2.48. The first kappa shape index (κ1) is 12.1. The number of unbranched alkanes of at least 4 members (excludes halogenated alkanes) is 1. The summed E-state index contributed by atoms with van der Waals surface area (Å²) in [5.41, 5.74) is 6.34. The van der Waals surface area contributed by atoms with Crippen LogP contribution in [0.15, 0.2) is 30.3 Å². The molecule has 1 saturated carbocycles. The Balaban J connectivity index is 1.91. The van der Waals surface area contributed by atoms with E-state index in [1.807, 2.05) is 30.3 Å². The summed E-state index contributed by atoms with van der Waals surface area (Å²) in [6.45, 7) is 1.43. The van der Waals surface area contributed by atoms with Crippen LogP contribution in [0.2, 0.25) is 0 Å². The van der Waals surface area contributed by atoms with Crippen LogP contribution in [0, 0.1) is 0 Å². The maximum Gasteiger partial charge on any atom is 0.230 e. The van der Waals surface area contributed by atoms with Crippen LogP contribution in [0.4, 0.5) is 0 Å². The van der Waals surface area contributed by atoms with E-state index in [9.17, 15) is 4.79 Å². The molecule has 1 aromatic rings. The number of amides is 1. The summed E-state index contributed by atoms with van der Waals surface area (Å²) in [5, 5.41) is 3.02. The third-order valence-electron chi connectivity index (χ3n) is 3.43. The van der Waals surface area contributed by atoms with Gasteiger partial charge in [-0.1, -0.05) is 30.3 Å². The van der Waals surface area contributed by atoms with E-state index in [4.69, 9.17) is 5.73 Å². The number of rotatable bonds is 6. The van der Waals surface area contributed by atoms with E-state index < -0.39 is 0 Å². The highest BCUT2D eigenvalue weighted by Gasteiger charge is 2.50. The number of nitrogens with two attached hydrogens (primary N) is 1. The third kappa shape index (κ3) is 2.67. The summed E-state index contributed by atoms with van der Waals surface area (Å²) in [7, 11) is 0. The quantitative estimate of drug-likeness (QED) is 0.732. The molecule has 3 heteroatoms. The number of hydrogen-bond acceptors (Lipinski definition) is 2. The average Bonchev–Trinajstić information content (AvgIpc) is 3.17. The zero-order chi connectivity index (χ0) is 12.1. The molecule has 17 heavy (non-hydrogen) atoms. The minimum absolute atomic E-state index is 0.181. The number of carbonyl (C=O) groups is 1. The molecule has 1 aromatic carbocycles. The van der Waals surface area contributed by atoms with Crippen LogP contribution in [0.5, 0.6) is 0 Å². The Morgan fingerprint density at radius 1 is 1.24 bits per heavy atom. The molecule has 0 heterocycles. The van der Waals surface area contributed by atoms with Crippen LogP contribution >= 0.6 is 0 Å². The minimum Gasteiger partial charge on any atom is -0.355 e. The molecule has 0 saturated heterocycles. The van der Waals surface area contributed by atoms with Crippen LogP contribution in [0.3, 0.4) is 0 Å². The standard InChI is InChI=1S/C14H20N2O/c15-10-4-5-11-16-13(17)14(8-9-14)12-6-2-1-3-7-12/h1-3,6-7H,4-5,8-11,15H2,(H,16,17). The maximum atomic E-state index is 12.1. The Bertz CT molecular complexity index is 371. The molecule has 92 valence electrons. The van der Waals surface area contributed by atoms with Crippen molar-refractivity contribution in [2.24, 2.45) is 5.73 Å². The van der Waals surface area contributed by atoms with E-state index in [0.29, 0.717) is 6.54 Å². The highest BCUT2D eigenvalue weighted by atomic mass is 16.2. The third-order valence-corrected chi connectivity index (χ3v) is 3.43. The Hall–Kier alpha value is -1.35. The molecule has 0 aliphatic heterocycles. The van der Waals surface area contributed by atoms with E-state index in [1.54, 1.807) is 0 Å². The Kier molecular flexibility index (Phi) is 3.79. The minimum atomic E-state index is -0.232. The molecule has 3 N–H and O–H groups in total. The number of benzene rings is 1. The van der Waals surface area contributed by atoms with Gasteiger partial charge in [-0.3, -0.25) is 4.79 Å². The summed E-state index contributed by atoms with van der Waals surface area (Å²) < 4.78 is 0. The van der Waals surface area contributed by atoms with Crippen molar-refractivity contribution in [2.45, 2.75) is 31.1 Å². The molecule has 0 unspecified atom stereocenters. The Labute approximate surface area is 102 Å². The van der Waals surface area contributed by atoms with Crippen molar-refractivity contribution in [3.8, 4) is 0 Å². The molecule has 1 aliphatic carbocycles. The van der Waals surface area contributed by atoms with Gasteiger partial charge in [-0.25, -0.2) is 0 Å². The second-order valence-electron chi connectivity index (χ2n) is 4.70. The van der Waals surface area contributed by atoms with Gasteiger partial charge in [0.05, 0.1) is 5.41 Å². The maximum absolute atomic E-state index is 12.1. The molecule has 1 fully saturated rings. The van der Waals surface area contributed by atoms with Gasteiger partial charge in [0.25, 0.3) is 0 Å². The lowest BCUT2D eigenvalue weighted by Gasteiger charge is -2.15. The van der Waals surface area contributed by atoms with E-state index in [-0.39, 0.29) is 11.3 Å². The van der Waals surface area contributed by atoms with Crippen molar-refractivity contribution in [3.63, 3.8) is 0 Å². The summed E-state index contributed by atoms with van der Waals surface area (Å²) in [4.78, 5) is 12.1. The van der Waals surface area contributed by atoms with Crippen molar-refractivity contribution in [1.82, 2.24) is 5.32 Å². The van der Waals surface area contributed by atoms with Gasteiger partial charge in [0.1, 0.15) is 0 Å². The SMILES string of the molecule is NCCCCNC(=O)C1(c2ccccc2)CC1. The van der Waals surface area contributed by atoms with E-state index in [1.165, 1.54) is 0 Å². The summed E-state index contributed by atoms with van der Waals surface area (Å²) in [5.74, 6) is 0.181. The van der Waals surface area contributed by atoms with Crippen LogP contribution < -0.4 is 11.1 Å². The largest absolute Gasteiger partial charge is 0.355 e. The lowest BCUT2D eigenvalue weighted by atomic mass is 9.95. The summed E-state index contributed by atoms with van der Waals surface area (Å²) in [6.07, 6.45) is 3.88. The molecular weight excluding hydrogens is 212 g/mol. The predicted molar refractivity (Wildman–Crippen MR) is 68.7 cm³/mol. The predicted octanol–water partition coefficient (Wildman–Crippen LogP) is 1.57. The molecule has 2 rings (SSSR count). The van der Waals surface area contributed by atoms with Crippen molar-refractivity contribution in [3.05, 3.63) is 35.9 Å². The molecule has 0 aromatic heterocycles. The fourth-order valence-electron chi connectivity index (χ4n) is 2.17. The van der Waals surface area contributed by atoms with Crippen LogP contribution in [0.1, 0.15) is 31.2 Å². The topological polar surface area (TPSA) is 55.1 Å².